The molecule has 238 valence electrons. The molecule has 0 saturated carbocycles. The maximum atomic E-state index is 14.4. The number of imidazole rings is 1. The first kappa shape index (κ1) is 37.8. The van der Waals surface area contributed by atoms with Gasteiger partial charge < -0.3 is 16.0 Å². The lowest BCUT2D eigenvalue weighted by atomic mass is 9.68. The van der Waals surface area contributed by atoms with Crippen molar-refractivity contribution < 1.29 is 8.78 Å². The molecular weight excluding hydrogens is 562 g/mol. The van der Waals surface area contributed by atoms with Gasteiger partial charge in [-0.2, -0.15) is 0 Å². The molecule has 9 heteroatoms. The van der Waals surface area contributed by atoms with Gasteiger partial charge >= 0.3 is 0 Å². The lowest BCUT2D eigenvalue weighted by Crippen LogP contribution is -2.30. The molecule has 4 rings (SSSR count). The molecule has 2 unspecified atom stereocenters. The summed E-state index contributed by atoms with van der Waals surface area (Å²) in [4.78, 5) is 13.8. The second kappa shape index (κ2) is 18.5. The third-order valence-corrected chi connectivity index (χ3v) is 7.97. The Hall–Kier alpha value is -3.20. The zero-order chi connectivity index (χ0) is 32.7. The topological polar surface area (TPSA) is 95.6 Å². The zero-order valence-electron chi connectivity index (χ0n) is 27.7. The lowest BCUT2D eigenvalue weighted by Gasteiger charge is -2.38. The predicted octanol–water partition coefficient (Wildman–Crippen LogP) is 9.16. The molecule has 0 fully saturated rings. The van der Waals surface area contributed by atoms with Gasteiger partial charge in [-0.15, -0.1) is 11.8 Å². The summed E-state index contributed by atoms with van der Waals surface area (Å²) in [5, 5.41) is 0. The van der Waals surface area contributed by atoms with Gasteiger partial charge in [-0.05, 0) is 66.7 Å². The smallest absolute Gasteiger partial charge is 0.179 e. The van der Waals surface area contributed by atoms with E-state index in [2.05, 4.69) is 30.7 Å². The minimum absolute atomic E-state index is 0.0151. The van der Waals surface area contributed by atoms with Crippen molar-refractivity contribution in [2.24, 2.45) is 22.8 Å². The minimum atomic E-state index is -0.703. The van der Waals surface area contributed by atoms with Crippen LogP contribution in [0.3, 0.4) is 0 Å². The molecule has 2 heterocycles. The Morgan fingerprint density at radius 3 is 2.30 bits per heavy atom. The molecule has 1 aliphatic carbocycles. The molecule has 3 aromatic rings. The number of hydrogen-bond donors (Lipinski definition) is 2. The van der Waals surface area contributed by atoms with E-state index < -0.39 is 11.6 Å². The van der Waals surface area contributed by atoms with Gasteiger partial charge in [0.25, 0.3) is 0 Å². The minimum Gasteiger partial charge on any atom is -0.401 e. The van der Waals surface area contributed by atoms with Gasteiger partial charge in [-0.3, -0.25) is 0 Å². The van der Waals surface area contributed by atoms with E-state index in [1.807, 2.05) is 64.6 Å². The highest BCUT2D eigenvalue weighted by atomic mass is 32.2. The molecule has 0 saturated heterocycles. The number of nitrogens with two attached hydrogens (primary N) is 2. The van der Waals surface area contributed by atoms with Gasteiger partial charge in [0.1, 0.15) is 17.3 Å². The van der Waals surface area contributed by atoms with Crippen molar-refractivity contribution in [2.75, 3.05) is 6.26 Å². The van der Waals surface area contributed by atoms with Crippen LogP contribution in [0.25, 0.3) is 17.2 Å². The highest BCUT2D eigenvalue weighted by Gasteiger charge is 2.34. The van der Waals surface area contributed by atoms with Crippen molar-refractivity contribution in [3.63, 3.8) is 0 Å². The summed E-state index contributed by atoms with van der Waals surface area (Å²) in [5.41, 5.74) is 15.7. The predicted molar refractivity (Wildman–Crippen MR) is 180 cm³/mol. The van der Waals surface area contributed by atoms with E-state index in [0.717, 1.165) is 30.0 Å². The van der Waals surface area contributed by atoms with E-state index in [1.54, 1.807) is 30.4 Å². The summed E-state index contributed by atoms with van der Waals surface area (Å²) >= 11 is 1.70. The summed E-state index contributed by atoms with van der Waals surface area (Å²) in [6.45, 7) is 18.7. The number of rotatable bonds is 6. The first-order valence-corrected chi connectivity index (χ1v) is 16.7. The van der Waals surface area contributed by atoms with Crippen LogP contribution in [-0.2, 0) is 5.88 Å². The van der Waals surface area contributed by atoms with Gasteiger partial charge in [0.15, 0.2) is 5.82 Å². The fraction of sp³-hybridized carbons (Fsp3) is 0.500. The fourth-order valence-corrected chi connectivity index (χ4v) is 5.25. The average molecular weight is 615 g/mol. The lowest BCUT2D eigenvalue weighted by molar-refractivity contribution is 0.185. The Morgan fingerprint density at radius 2 is 1.70 bits per heavy atom. The Bertz CT molecular complexity index is 1310. The van der Waals surface area contributed by atoms with Crippen LogP contribution in [0.15, 0.2) is 60.3 Å². The molecule has 4 N–H and O–H groups in total. The molecule has 1 aromatic carbocycles. The first-order chi connectivity index (χ1) is 20.6. The van der Waals surface area contributed by atoms with Crippen molar-refractivity contribution in [2.45, 2.75) is 93.4 Å². The van der Waals surface area contributed by atoms with Gasteiger partial charge in [-0.25, -0.2) is 23.7 Å². The molecule has 6 nitrogen and oxygen atoms in total. The van der Waals surface area contributed by atoms with Gasteiger partial charge in [0.05, 0.1) is 23.5 Å². The third-order valence-electron chi connectivity index (χ3n) is 7.41. The van der Waals surface area contributed by atoms with Crippen LogP contribution >= 0.6 is 11.8 Å². The SMILES string of the molecule is CC.CC.CC.CSCn1cnc(-c2nccc(C3CC(C)(C)C(C)CCC(/C=C(\N)c4c(F)cccc4F)=C\3N)n2)c1. The Morgan fingerprint density at radius 1 is 1.07 bits per heavy atom. The molecule has 0 spiro atoms. The largest absolute Gasteiger partial charge is 0.401 e. The zero-order valence-corrected chi connectivity index (χ0v) is 28.5. The number of aromatic nitrogens is 4. The van der Waals surface area contributed by atoms with Crippen molar-refractivity contribution in [3.8, 4) is 11.5 Å². The molecule has 2 atom stereocenters. The summed E-state index contributed by atoms with van der Waals surface area (Å²) in [7, 11) is 0. The molecule has 0 amide bonds. The monoisotopic (exact) mass is 614 g/mol. The summed E-state index contributed by atoms with van der Waals surface area (Å²) in [5.74, 6) is 0.0655. The molecule has 0 aliphatic heterocycles. The standard InChI is InChI=1S/C28H34F2N6S.3C2H6/c1-17-8-9-18(12-22(31)25-20(29)6-5-7-21(25)30)26(32)19(13-28(17,2)3)23-10-11-33-27(35-23)24-14-36(15-34-24)16-37-4;3*1-2/h5-7,10-12,14-15,17,19H,8-9,13,16,31-32H2,1-4H3;3*1-2H3/b22-12-,26-18-;;;. The highest BCUT2D eigenvalue weighted by Crippen LogP contribution is 2.45. The van der Waals surface area contributed by atoms with Crippen molar-refractivity contribution in [1.82, 2.24) is 19.5 Å². The fourth-order valence-electron chi connectivity index (χ4n) is 4.81. The van der Waals surface area contributed by atoms with Crippen LogP contribution < -0.4 is 11.5 Å². The van der Waals surface area contributed by atoms with E-state index in [0.29, 0.717) is 29.6 Å². The van der Waals surface area contributed by atoms with Crippen LogP contribution in [0, 0.1) is 23.0 Å². The number of nitrogens with zero attached hydrogens (tertiary/aromatic N) is 4. The van der Waals surface area contributed by atoms with E-state index in [1.165, 1.54) is 18.2 Å². The van der Waals surface area contributed by atoms with E-state index in [-0.39, 0.29) is 22.6 Å². The maximum absolute atomic E-state index is 14.4. The molecule has 43 heavy (non-hydrogen) atoms. The van der Waals surface area contributed by atoms with E-state index in [9.17, 15) is 8.78 Å². The van der Waals surface area contributed by atoms with Gasteiger partial charge in [0.2, 0.25) is 0 Å². The van der Waals surface area contributed by atoms with Crippen LogP contribution in [0.2, 0.25) is 0 Å². The number of halogens is 2. The summed E-state index contributed by atoms with van der Waals surface area (Å²) in [6, 6.07) is 5.60. The molecular formula is C34H52F2N6S. The number of hydrogen-bond acceptors (Lipinski definition) is 6. The molecule has 2 aromatic heterocycles. The van der Waals surface area contributed by atoms with Gasteiger partial charge in [0, 0.05) is 29.7 Å². The maximum Gasteiger partial charge on any atom is 0.179 e. The number of thioether (sulfide) groups is 1. The van der Waals surface area contributed by atoms with Crippen molar-refractivity contribution in [3.05, 3.63) is 83.2 Å². The Kier molecular flexibility index (Phi) is 16.2. The highest BCUT2D eigenvalue weighted by molar-refractivity contribution is 7.97. The normalized spacial score (nSPS) is 19.8. The van der Waals surface area contributed by atoms with Crippen LogP contribution in [0.5, 0.6) is 0 Å². The van der Waals surface area contributed by atoms with Gasteiger partial charge in [-0.1, -0.05) is 68.4 Å². The van der Waals surface area contributed by atoms with Crippen LogP contribution in [0.1, 0.15) is 98.8 Å². The number of benzene rings is 1. The molecule has 1 aliphatic rings. The van der Waals surface area contributed by atoms with E-state index in [4.69, 9.17) is 16.5 Å². The Labute approximate surface area is 262 Å². The van der Waals surface area contributed by atoms with Crippen LogP contribution in [0.4, 0.5) is 8.78 Å². The quantitative estimate of drug-likeness (QED) is 0.287. The van der Waals surface area contributed by atoms with Crippen molar-refractivity contribution in [1.29, 1.82) is 0 Å². The molecule has 0 radical (unpaired) electrons. The second-order valence-electron chi connectivity index (χ2n) is 10.4. The average Bonchev–Trinajstić information content (AvgIpc) is 3.49. The molecule has 0 bridgehead atoms. The summed E-state index contributed by atoms with van der Waals surface area (Å²) < 4.78 is 30.8. The van der Waals surface area contributed by atoms with Crippen LogP contribution in [-0.4, -0.2) is 25.8 Å². The van der Waals surface area contributed by atoms with E-state index >= 15 is 0 Å². The Balaban J connectivity index is 0.00000145. The third kappa shape index (κ3) is 9.91. The summed E-state index contributed by atoms with van der Waals surface area (Å²) in [6.07, 6.45) is 11.3. The first-order valence-electron chi connectivity index (χ1n) is 15.3. The van der Waals surface area contributed by atoms with Crippen molar-refractivity contribution >= 4 is 17.5 Å². The number of allylic oxidation sites excluding steroid dienone is 3. The second-order valence-corrected chi connectivity index (χ2v) is 11.2.